The van der Waals surface area contributed by atoms with Gasteiger partial charge in [0.1, 0.15) is 0 Å². The fourth-order valence-electron chi connectivity index (χ4n) is 2.29. The summed E-state index contributed by atoms with van der Waals surface area (Å²) in [6.07, 6.45) is 27.8. The molecule has 3 heteroatoms. The smallest absolute Gasteiger partial charge is 0.328 e. The second-order valence-electron chi connectivity index (χ2n) is 6.07. The SMILES string of the molecule is CCCCCC(O)CCCCC/C=C/C=C/C=C/C=C/C=C/C(=O)O. The van der Waals surface area contributed by atoms with Crippen molar-refractivity contribution in [1.82, 2.24) is 0 Å². The van der Waals surface area contributed by atoms with E-state index in [1.54, 1.807) is 12.2 Å². The maximum absolute atomic E-state index is 10.2. The van der Waals surface area contributed by atoms with Crippen molar-refractivity contribution < 1.29 is 15.0 Å². The lowest BCUT2D eigenvalue weighted by atomic mass is 10.0. The first-order valence-corrected chi connectivity index (χ1v) is 9.41. The number of carboxylic acid groups (broad SMARTS) is 1. The van der Waals surface area contributed by atoms with Crippen molar-refractivity contribution in [2.24, 2.45) is 0 Å². The number of rotatable bonds is 15. The van der Waals surface area contributed by atoms with Gasteiger partial charge in [-0.3, -0.25) is 0 Å². The van der Waals surface area contributed by atoms with Crippen LogP contribution in [-0.2, 0) is 4.79 Å². The first kappa shape index (κ1) is 23.1. The molecule has 0 saturated heterocycles. The van der Waals surface area contributed by atoms with Crippen LogP contribution in [0, 0.1) is 0 Å². The van der Waals surface area contributed by atoms with E-state index in [0.29, 0.717) is 0 Å². The number of aliphatic carboxylic acids is 1. The molecule has 25 heavy (non-hydrogen) atoms. The molecule has 0 aliphatic heterocycles. The van der Waals surface area contributed by atoms with Crippen LogP contribution in [0.5, 0.6) is 0 Å². The molecule has 0 aromatic carbocycles. The van der Waals surface area contributed by atoms with Gasteiger partial charge < -0.3 is 10.2 Å². The maximum atomic E-state index is 10.2. The topological polar surface area (TPSA) is 57.5 Å². The van der Waals surface area contributed by atoms with Crippen LogP contribution in [0.3, 0.4) is 0 Å². The average molecular weight is 347 g/mol. The standard InChI is InChI=1S/C22H34O3/c1-2-3-15-18-21(23)19-16-13-11-9-7-5-4-6-8-10-12-14-17-20-22(24)25/h4-8,10,12,14,17,20-21,23H,2-3,9,11,13,15-16,18-19H2,1H3,(H,24,25)/b6-4+,7-5+,10-8+,14-12+,20-17+. The Hall–Kier alpha value is -1.87. The van der Waals surface area contributed by atoms with Gasteiger partial charge in [0.15, 0.2) is 0 Å². The average Bonchev–Trinajstić information content (AvgIpc) is 2.58. The molecule has 0 spiro atoms. The van der Waals surface area contributed by atoms with Gasteiger partial charge in [-0.25, -0.2) is 4.79 Å². The number of carbonyl (C=O) groups is 1. The number of unbranched alkanes of at least 4 members (excludes halogenated alkanes) is 5. The van der Waals surface area contributed by atoms with Crippen LogP contribution in [0.2, 0.25) is 0 Å². The molecule has 3 nitrogen and oxygen atoms in total. The molecule has 140 valence electrons. The Kier molecular flexibility index (Phi) is 17.1. The molecule has 1 atom stereocenters. The van der Waals surface area contributed by atoms with Crippen molar-refractivity contribution in [3.63, 3.8) is 0 Å². The molecule has 0 saturated carbocycles. The van der Waals surface area contributed by atoms with E-state index < -0.39 is 5.97 Å². The van der Waals surface area contributed by atoms with Crippen molar-refractivity contribution in [3.8, 4) is 0 Å². The molecular weight excluding hydrogens is 312 g/mol. The van der Waals surface area contributed by atoms with Crippen LogP contribution in [0.1, 0.15) is 64.7 Å². The Morgan fingerprint density at radius 2 is 1.36 bits per heavy atom. The predicted octanol–water partition coefficient (Wildman–Crippen LogP) is 5.74. The van der Waals surface area contributed by atoms with Crippen molar-refractivity contribution in [1.29, 1.82) is 0 Å². The monoisotopic (exact) mass is 346 g/mol. The lowest BCUT2D eigenvalue weighted by Crippen LogP contribution is -2.05. The summed E-state index contributed by atoms with van der Waals surface area (Å²) in [4.78, 5) is 10.2. The molecule has 0 aliphatic rings. The largest absolute Gasteiger partial charge is 0.478 e. The van der Waals surface area contributed by atoms with Crippen LogP contribution in [0.25, 0.3) is 0 Å². The Bertz CT molecular complexity index is 456. The molecule has 0 heterocycles. The van der Waals surface area contributed by atoms with E-state index in [9.17, 15) is 9.90 Å². The maximum Gasteiger partial charge on any atom is 0.328 e. The van der Waals surface area contributed by atoms with E-state index in [-0.39, 0.29) is 6.10 Å². The molecule has 0 fully saturated rings. The Balaban J connectivity index is 3.55. The predicted molar refractivity (Wildman–Crippen MR) is 107 cm³/mol. The van der Waals surface area contributed by atoms with Gasteiger partial charge in [-0.05, 0) is 25.7 Å². The van der Waals surface area contributed by atoms with Crippen molar-refractivity contribution in [2.45, 2.75) is 70.8 Å². The summed E-state index contributed by atoms with van der Waals surface area (Å²) in [5.74, 6) is -0.943. The zero-order valence-electron chi connectivity index (χ0n) is 15.5. The van der Waals surface area contributed by atoms with Gasteiger partial charge in [0.2, 0.25) is 0 Å². The summed E-state index contributed by atoms with van der Waals surface area (Å²) < 4.78 is 0. The number of aliphatic hydroxyl groups is 1. The number of hydrogen-bond acceptors (Lipinski definition) is 2. The highest BCUT2D eigenvalue weighted by Gasteiger charge is 2.02. The molecular formula is C22H34O3. The van der Waals surface area contributed by atoms with E-state index in [4.69, 9.17) is 5.11 Å². The summed E-state index contributed by atoms with van der Waals surface area (Å²) in [6.45, 7) is 2.19. The molecule has 0 aromatic rings. The first-order valence-electron chi connectivity index (χ1n) is 9.41. The van der Waals surface area contributed by atoms with Gasteiger partial charge in [0.25, 0.3) is 0 Å². The van der Waals surface area contributed by atoms with E-state index in [1.165, 1.54) is 31.8 Å². The number of aliphatic hydroxyl groups excluding tert-OH is 1. The van der Waals surface area contributed by atoms with E-state index >= 15 is 0 Å². The Morgan fingerprint density at radius 1 is 0.800 bits per heavy atom. The second kappa shape index (κ2) is 18.5. The summed E-state index contributed by atoms with van der Waals surface area (Å²) in [5.41, 5.74) is 0. The summed E-state index contributed by atoms with van der Waals surface area (Å²) >= 11 is 0. The second-order valence-corrected chi connectivity index (χ2v) is 6.07. The van der Waals surface area contributed by atoms with Gasteiger partial charge in [-0.2, -0.15) is 0 Å². The van der Waals surface area contributed by atoms with Gasteiger partial charge in [0.05, 0.1) is 6.10 Å². The van der Waals surface area contributed by atoms with Gasteiger partial charge >= 0.3 is 5.97 Å². The lowest BCUT2D eigenvalue weighted by molar-refractivity contribution is -0.131. The van der Waals surface area contributed by atoms with E-state index in [1.807, 2.05) is 30.4 Å². The van der Waals surface area contributed by atoms with E-state index in [0.717, 1.165) is 38.2 Å². The molecule has 0 aromatic heterocycles. The van der Waals surface area contributed by atoms with Gasteiger partial charge in [-0.1, -0.05) is 93.7 Å². The third-order valence-electron chi connectivity index (χ3n) is 3.70. The minimum Gasteiger partial charge on any atom is -0.478 e. The normalized spacial score (nSPS) is 14.0. The number of allylic oxidation sites excluding steroid dienone is 9. The fourth-order valence-corrected chi connectivity index (χ4v) is 2.29. The molecule has 0 radical (unpaired) electrons. The van der Waals surface area contributed by atoms with Crippen molar-refractivity contribution in [3.05, 3.63) is 60.8 Å². The van der Waals surface area contributed by atoms with Crippen LogP contribution >= 0.6 is 0 Å². The quantitative estimate of drug-likeness (QED) is 0.226. The molecule has 0 aliphatic carbocycles. The fraction of sp³-hybridized carbons (Fsp3) is 0.500. The zero-order chi connectivity index (χ0) is 18.6. The Morgan fingerprint density at radius 3 is 1.96 bits per heavy atom. The molecule has 0 amide bonds. The first-order chi connectivity index (χ1) is 12.2. The summed E-state index contributed by atoms with van der Waals surface area (Å²) in [6, 6.07) is 0. The van der Waals surface area contributed by atoms with Gasteiger partial charge in [0, 0.05) is 6.08 Å². The molecule has 0 rings (SSSR count). The minimum atomic E-state index is -0.943. The minimum absolute atomic E-state index is 0.106. The highest BCUT2D eigenvalue weighted by atomic mass is 16.4. The lowest BCUT2D eigenvalue weighted by Gasteiger charge is -2.09. The van der Waals surface area contributed by atoms with E-state index in [2.05, 4.69) is 13.0 Å². The van der Waals surface area contributed by atoms with Crippen LogP contribution in [0.4, 0.5) is 0 Å². The third-order valence-corrected chi connectivity index (χ3v) is 3.70. The third kappa shape index (κ3) is 20.1. The summed E-state index contributed by atoms with van der Waals surface area (Å²) in [7, 11) is 0. The number of hydrogen-bond donors (Lipinski definition) is 2. The number of carboxylic acids is 1. The molecule has 1 unspecified atom stereocenters. The molecule has 0 bridgehead atoms. The van der Waals surface area contributed by atoms with Crippen LogP contribution in [-0.4, -0.2) is 22.3 Å². The van der Waals surface area contributed by atoms with Gasteiger partial charge in [-0.15, -0.1) is 0 Å². The Labute approximate surface area is 153 Å². The molecule has 2 N–H and O–H groups in total. The highest BCUT2D eigenvalue weighted by molar-refractivity contribution is 5.80. The summed E-state index contributed by atoms with van der Waals surface area (Å²) in [5, 5.41) is 18.2. The highest BCUT2D eigenvalue weighted by Crippen LogP contribution is 2.11. The van der Waals surface area contributed by atoms with Crippen molar-refractivity contribution >= 4 is 5.97 Å². The van der Waals surface area contributed by atoms with Crippen LogP contribution in [0.15, 0.2) is 60.8 Å². The van der Waals surface area contributed by atoms with Crippen LogP contribution < -0.4 is 0 Å². The van der Waals surface area contributed by atoms with Crippen molar-refractivity contribution in [2.75, 3.05) is 0 Å². The zero-order valence-corrected chi connectivity index (χ0v) is 15.5.